The number of hydrogen-bond donors (Lipinski definition) is 1. The molecule has 0 unspecified atom stereocenters. The number of amides is 1. The third-order valence-electron chi connectivity index (χ3n) is 4.26. The highest BCUT2D eigenvalue weighted by molar-refractivity contribution is 7.90. The Balaban J connectivity index is 1.66. The fourth-order valence-corrected chi connectivity index (χ4v) is 4.96. The van der Waals surface area contributed by atoms with Crippen LogP contribution >= 0.6 is 34.5 Å². The molecule has 0 fully saturated rings. The Morgan fingerprint density at radius 2 is 1.76 bits per heavy atom. The molecule has 2 aromatic carbocycles. The molecule has 0 bridgehead atoms. The number of thiazole rings is 1. The number of nitrogens with one attached hydrogen (secondary N) is 1. The van der Waals surface area contributed by atoms with Crippen LogP contribution in [0.1, 0.15) is 24.2 Å². The highest BCUT2D eigenvalue weighted by Gasteiger charge is 2.16. The van der Waals surface area contributed by atoms with Gasteiger partial charge in [-0.2, -0.15) is 0 Å². The molecule has 0 saturated carbocycles. The van der Waals surface area contributed by atoms with Crippen LogP contribution in [0.2, 0.25) is 10.0 Å². The summed E-state index contributed by atoms with van der Waals surface area (Å²) >= 11 is 13.8. The molecule has 0 aliphatic rings. The molecule has 1 atom stereocenters. The molecule has 1 aromatic heterocycles. The summed E-state index contributed by atoms with van der Waals surface area (Å²) in [5.74, 6) is -0.188. The second-order valence-corrected chi connectivity index (χ2v) is 10.2. The molecule has 1 heterocycles. The number of carbonyl (C=O) groups is 1. The van der Waals surface area contributed by atoms with Crippen LogP contribution in [-0.2, 0) is 21.1 Å². The maximum absolute atomic E-state index is 12.4. The molecule has 0 aliphatic carbocycles. The van der Waals surface area contributed by atoms with E-state index in [0.717, 1.165) is 11.8 Å². The van der Waals surface area contributed by atoms with Gasteiger partial charge in [0.05, 0.1) is 33.1 Å². The number of sulfone groups is 1. The van der Waals surface area contributed by atoms with Gasteiger partial charge in [-0.3, -0.25) is 4.79 Å². The number of aromatic nitrogens is 1. The number of carbonyl (C=O) groups excluding carboxylic acids is 1. The van der Waals surface area contributed by atoms with Crippen LogP contribution in [-0.4, -0.2) is 25.6 Å². The summed E-state index contributed by atoms with van der Waals surface area (Å²) < 4.78 is 23.1. The van der Waals surface area contributed by atoms with E-state index in [1.54, 1.807) is 35.7 Å². The molecule has 0 spiro atoms. The molecule has 3 aromatic rings. The predicted octanol–water partition coefficient (Wildman–Crippen LogP) is 4.94. The zero-order chi connectivity index (χ0) is 21.2. The smallest absolute Gasteiger partial charge is 0.226 e. The third-order valence-corrected chi connectivity index (χ3v) is 6.92. The number of benzene rings is 2. The highest BCUT2D eigenvalue weighted by atomic mass is 35.5. The van der Waals surface area contributed by atoms with Gasteiger partial charge in [0.15, 0.2) is 9.84 Å². The molecular formula is C20H18Cl2N2O3S2. The minimum atomic E-state index is -3.25. The summed E-state index contributed by atoms with van der Waals surface area (Å²) in [7, 11) is -3.25. The van der Waals surface area contributed by atoms with Crippen LogP contribution in [0, 0.1) is 0 Å². The van der Waals surface area contributed by atoms with Crippen molar-refractivity contribution in [2.75, 3.05) is 6.26 Å². The minimum Gasteiger partial charge on any atom is -0.349 e. The van der Waals surface area contributed by atoms with Crippen molar-refractivity contribution in [3.05, 3.63) is 69.1 Å². The first-order valence-electron chi connectivity index (χ1n) is 8.63. The van der Waals surface area contributed by atoms with Crippen molar-refractivity contribution in [3.63, 3.8) is 0 Å². The Kier molecular flexibility index (Phi) is 6.63. The summed E-state index contributed by atoms with van der Waals surface area (Å²) in [5.41, 5.74) is 2.09. The van der Waals surface area contributed by atoms with Crippen LogP contribution in [0.15, 0.2) is 52.7 Å². The Labute approximate surface area is 183 Å². The number of nitrogens with zero attached hydrogens (tertiary/aromatic N) is 1. The Morgan fingerprint density at radius 3 is 2.34 bits per heavy atom. The van der Waals surface area contributed by atoms with Crippen molar-refractivity contribution >= 4 is 50.3 Å². The van der Waals surface area contributed by atoms with Gasteiger partial charge in [0.25, 0.3) is 0 Å². The SMILES string of the molecule is C[C@@H](NC(=O)Cc1csc(-c2c(Cl)cccc2Cl)n1)c1ccc(S(C)(=O)=O)cc1. The summed E-state index contributed by atoms with van der Waals surface area (Å²) in [6.07, 6.45) is 1.27. The molecule has 1 N–H and O–H groups in total. The monoisotopic (exact) mass is 468 g/mol. The van der Waals surface area contributed by atoms with E-state index in [9.17, 15) is 13.2 Å². The number of halogens is 2. The summed E-state index contributed by atoms with van der Waals surface area (Å²) in [6.45, 7) is 1.84. The van der Waals surface area contributed by atoms with Crippen LogP contribution in [0.25, 0.3) is 10.6 Å². The lowest BCUT2D eigenvalue weighted by Crippen LogP contribution is -2.28. The maximum Gasteiger partial charge on any atom is 0.226 e. The molecule has 1 amide bonds. The number of rotatable bonds is 6. The predicted molar refractivity (Wildman–Crippen MR) is 117 cm³/mol. The molecule has 3 rings (SSSR count). The fraction of sp³-hybridized carbons (Fsp3) is 0.200. The Hall–Kier alpha value is -1.93. The van der Waals surface area contributed by atoms with Crippen molar-refractivity contribution in [2.45, 2.75) is 24.3 Å². The molecule has 0 aliphatic heterocycles. The molecule has 5 nitrogen and oxygen atoms in total. The van der Waals surface area contributed by atoms with E-state index in [-0.39, 0.29) is 23.3 Å². The Bertz CT molecular complexity index is 1120. The van der Waals surface area contributed by atoms with E-state index in [1.165, 1.54) is 23.5 Å². The van der Waals surface area contributed by atoms with Crippen LogP contribution < -0.4 is 5.32 Å². The second-order valence-electron chi connectivity index (χ2n) is 6.55. The average Bonchev–Trinajstić information content (AvgIpc) is 3.08. The molecule has 9 heteroatoms. The van der Waals surface area contributed by atoms with Gasteiger partial charge in [-0.15, -0.1) is 11.3 Å². The van der Waals surface area contributed by atoms with Gasteiger partial charge in [0.1, 0.15) is 5.01 Å². The van der Waals surface area contributed by atoms with Gasteiger partial charge in [-0.05, 0) is 36.8 Å². The highest BCUT2D eigenvalue weighted by Crippen LogP contribution is 2.36. The first-order valence-corrected chi connectivity index (χ1v) is 12.2. The topological polar surface area (TPSA) is 76.1 Å². The molecule has 0 radical (unpaired) electrons. The summed E-state index contributed by atoms with van der Waals surface area (Å²) in [5, 5.41) is 6.38. The van der Waals surface area contributed by atoms with Gasteiger partial charge in [0, 0.05) is 17.2 Å². The zero-order valence-electron chi connectivity index (χ0n) is 15.6. The lowest BCUT2D eigenvalue weighted by molar-refractivity contribution is -0.121. The van der Waals surface area contributed by atoms with Gasteiger partial charge >= 0.3 is 0 Å². The summed E-state index contributed by atoms with van der Waals surface area (Å²) in [4.78, 5) is 17.1. The van der Waals surface area contributed by atoms with E-state index in [4.69, 9.17) is 23.2 Å². The molecule has 0 saturated heterocycles. The first-order chi connectivity index (χ1) is 13.6. The van der Waals surface area contributed by atoms with E-state index in [2.05, 4.69) is 10.3 Å². The fourth-order valence-electron chi connectivity index (χ4n) is 2.75. The van der Waals surface area contributed by atoms with Crippen LogP contribution in [0.3, 0.4) is 0 Å². The van der Waals surface area contributed by atoms with Gasteiger partial charge in [0.2, 0.25) is 5.91 Å². The zero-order valence-corrected chi connectivity index (χ0v) is 18.8. The molecular weight excluding hydrogens is 451 g/mol. The van der Waals surface area contributed by atoms with Crippen molar-refractivity contribution in [3.8, 4) is 10.6 Å². The lowest BCUT2D eigenvalue weighted by Gasteiger charge is -2.14. The molecule has 152 valence electrons. The largest absolute Gasteiger partial charge is 0.349 e. The van der Waals surface area contributed by atoms with Crippen molar-refractivity contribution in [2.24, 2.45) is 0 Å². The normalized spacial score (nSPS) is 12.6. The van der Waals surface area contributed by atoms with Crippen LogP contribution in [0.4, 0.5) is 0 Å². The van der Waals surface area contributed by atoms with Crippen molar-refractivity contribution < 1.29 is 13.2 Å². The maximum atomic E-state index is 12.4. The standard InChI is InChI=1S/C20H18Cl2N2O3S2/c1-12(13-6-8-15(9-7-13)29(2,26)27)23-18(25)10-14-11-28-20(24-14)19-16(21)4-3-5-17(19)22/h3-9,11-12H,10H2,1-2H3,(H,23,25)/t12-/m1/s1. The van der Waals surface area contributed by atoms with Crippen LogP contribution in [0.5, 0.6) is 0 Å². The first kappa shape index (κ1) is 21.8. The van der Waals surface area contributed by atoms with Gasteiger partial charge < -0.3 is 5.32 Å². The van der Waals surface area contributed by atoms with Gasteiger partial charge in [-0.1, -0.05) is 41.4 Å². The minimum absolute atomic E-state index is 0.115. The van der Waals surface area contributed by atoms with E-state index >= 15 is 0 Å². The average molecular weight is 469 g/mol. The van der Waals surface area contributed by atoms with E-state index < -0.39 is 9.84 Å². The van der Waals surface area contributed by atoms with E-state index in [1.807, 2.05) is 6.92 Å². The summed E-state index contributed by atoms with van der Waals surface area (Å²) in [6, 6.07) is 11.4. The van der Waals surface area contributed by atoms with Gasteiger partial charge in [-0.25, -0.2) is 13.4 Å². The third kappa shape index (κ3) is 5.36. The lowest BCUT2D eigenvalue weighted by atomic mass is 10.1. The van der Waals surface area contributed by atoms with Crippen molar-refractivity contribution in [1.29, 1.82) is 0 Å². The van der Waals surface area contributed by atoms with Crippen molar-refractivity contribution in [1.82, 2.24) is 10.3 Å². The molecule has 29 heavy (non-hydrogen) atoms. The Morgan fingerprint density at radius 1 is 1.14 bits per heavy atom. The van der Waals surface area contributed by atoms with E-state index in [0.29, 0.717) is 26.3 Å². The second kappa shape index (κ2) is 8.83. The quantitative estimate of drug-likeness (QED) is 0.555. The number of hydrogen-bond acceptors (Lipinski definition) is 5.